The van der Waals surface area contributed by atoms with E-state index < -0.39 is 0 Å². The summed E-state index contributed by atoms with van der Waals surface area (Å²) < 4.78 is 3.10. The van der Waals surface area contributed by atoms with Crippen molar-refractivity contribution in [2.45, 2.75) is 13.8 Å². The van der Waals surface area contributed by atoms with Crippen LogP contribution in [0.1, 0.15) is 11.4 Å². The third kappa shape index (κ3) is 1.81. The van der Waals surface area contributed by atoms with E-state index in [0.29, 0.717) is 0 Å². The third-order valence-electron chi connectivity index (χ3n) is 2.51. The Balaban J connectivity index is 2.55. The van der Waals surface area contributed by atoms with E-state index in [1.54, 1.807) is 0 Å². The predicted octanol–water partition coefficient (Wildman–Crippen LogP) is 2.86. The number of halogens is 1. The van der Waals surface area contributed by atoms with Gasteiger partial charge >= 0.3 is 0 Å². The van der Waals surface area contributed by atoms with Crippen molar-refractivity contribution in [1.29, 1.82) is 0 Å². The molecule has 2 aromatic rings. The van der Waals surface area contributed by atoms with Gasteiger partial charge in [0, 0.05) is 17.1 Å². The largest absolute Gasteiger partial charge is 0.314 e. The molecule has 0 aliphatic heterocycles. The molecule has 0 saturated heterocycles. The van der Waals surface area contributed by atoms with Crippen LogP contribution >= 0.6 is 15.9 Å². The van der Waals surface area contributed by atoms with Gasteiger partial charge in [-0.2, -0.15) is 0 Å². The summed E-state index contributed by atoms with van der Waals surface area (Å²) in [6.07, 6.45) is 0. The van der Waals surface area contributed by atoms with Gasteiger partial charge in [0.2, 0.25) is 0 Å². The lowest BCUT2D eigenvalue weighted by Crippen LogP contribution is -1.95. The van der Waals surface area contributed by atoms with Crippen LogP contribution in [0, 0.1) is 13.8 Å². The Kier molecular flexibility index (Phi) is 2.61. The molecule has 0 saturated carbocycles. The average molecular weight is 266 g/mol. The lowest BCUT2D eigenvalue weighted by atomic mass is 10.1. The summed E-state index contributed by atoms with van der Waals surface area (Å²) in [6, 6.07) is 6.18. The molecule has 4 heteroatoms. The van der Waals surface area contributed by atoms with Gasteiger partial charge in [0.25, 0.3) is 0 Å². The van der Waals surface area contributed by atoms with Gasteiger partial charge < -0.3 is 4.57 Å². The number of nitrogens with zero attached hydrogens (tertiary/aromatic N) is 3. The van der Waals surface area contributed by atoms with Gasteiger partial charge in [-0.25, -0.2) is 0 Å². The molecule has 0 fully saturated rings. The zero-order chi connectivity index (χ0) is 11.0. The topological polar surface area (TPSA) is 30.7 Å². The molecule has 0 N–H and O–H groups in total. The smallest absolute Gasteiger partial charge is 0.163 e. The second-order valence-corrected chi connectivity index (χ2v) is 4.45. The van der Waals surface area contributed by atoms with Gasteiger partial charge in [0.05, 0.1) is 0 Å². The van der Waals surface area contributed by atoms with E-state index in [-0.39, 0.29) is 0 Å². The monoisotopic (exact) mass is 265 g/mol. The van der Waals surface area contributed by atoms with E-state index in [9.17, 15) is 0 Å². The number of aryl methyl sites for hydroxylation is 2. The molecule has 2 rings (SSSR count). The zero-order valence-corrected chi connectivity index (χ0v) is 10.5. The molecule has 3 nitrogen and oxygen atoms in total. The minimum atomic E-state index is 0.906. The van der Waals surface area contributed by atoms with Gasteiger partial charge in [-0.05, 0) is 31.5 Å². The van der Waals surface area contributed by atoms with Crippen LogP contribution in [-0.2, 0) is 7.05 Å². The van der Waals surface area contributed by atoms with Crippen LogP contribution < -0.4 is 0 Å². The Bertz CT molecular complexity index is 503. The van der Waals surface area contributed by atoms with Crippen molar-refractivity contribution in [2.24, 2.45) is 7.05 Å². The summed E-state index contributed by atoms with van der Waals surface area (Å²) in [5.41, 5.74) is 2.30. The van der Waals surface area contributed by atoms with Crippen LogP contribution in [0.25, 0.3) is 11.4 Å². The van der Waals surface area contributed by atoms with Crippen molar-refractivity contribution >= 4 is 15.9 Å². The van der Waals surface area contributed by atoms with Crippen LogP contribution in [0.3, 0.4) is 0 Å². The minimum Gasteiger partial charge on any atom is -0.314 e. The molecular weight excluding hydrogens is 254 g/mol. The fourth-order valence-corrected chi connectivity index (χ4v) is 1.69. The highest BCUT2D eigenvalue weighted by molar-refractivity contribution is 9.10. The number of aromatic nitrogens is 3. The van der Waals surface area contributed by atoms with Crippen LogP contribution in [0.2, 0.25) is 0 Å². The highest BCUT2D eigenvalue weighted by Gasteiger charge is 2.08. The standard InChI is InChI=1S/C11H12BrN3/c1-7-6-9(4-5-10(7)12)11-14-13-8(2)15(11)3/h4-6H,1-3H3. The van der Waals surface area contributed by atoms with Crippen LogP contribution in [0.15, 0.2) is 22.7 Å². The molecule has 0 unspecified atom stereocenters. The van der Waals surface area contributed by atoms with Gasteiger partial charge in [-0.3, -0.25) is 0 Å². The number of benzene rings is 1. The van der Waals surface area contributed by atoms with Crippen molar-refractivity contribution in [3.8, 4) is 11.4 Å². The fourth-order valence-electron chi connectivity index (χ4n) is 1.44. The molecule has 1 aromatic carbocycles. The SMILES string of the molecule is Cc1cc(-c2nnc(C)n2C)ccc1Br. The van der Waals surface area contributed by atoms with Crippen LogP contribution in [0.5, 0.6) is 0 Å². The quantitative estimate of drug-likeness (QED) is 0.794. The molecule has 0 bridgehead atoms. The summed E-state index contributed by atoms with van der Waals surface area (Å²) in [5.74, 6) is 1.83. The number of hydrogen-bond acceptors (Lipinski definition) is 2. The Morgan fingerprint density at radius 3 is 2.47 bits per heavy atom. The molecule has 0 radical (unpaired) electrons. The summed E-state index contributed by atoms with van der Waals surface area (Å²) in [6.45, 7) is 4.01. The Labute approximate surface area is 97.3 Å². The second-order valence-electron chi connectivity index (χ2n) is 3.59. The molecule has 0 aliphatic rings. The fraction of sp³-hybridized carbons (Fsp3) is 0.273. The lowest BCUT2D eigenvalue weighted by Gasteiger charge is -2.04. The maximum absolute atomic E-state index is 4.15. The average Bonchev–Trinajstić information content (AvgIpc) is 2.53. The van der Waals surface area contributed by atoms with Crippen LogP contribution in [0.4, 0.5) is 0 Å². The molecule has 15 heavy (non-hydrogen) atoms. The van der Waals surface area contributed by atoms with Gasteiger partial charge in [0.15, 0.2) is 5.82 Å². The zero-order valence-electron chi connectivity index (χ0n) is 8.95. The molecule has 0 amide bonds. The van der Waals surface area contributed by atoms with Crippen molar-refractivity contribution in [3.05, 3.63) is 34.1 Å². The number of rotatable bonds is 1. The third-order valence-corrected chi connectivity index (χ3v) is 3.40. The van der Waals surface area contributed by atoms with E-state index >= 15 is 0 Å². The second kappa shape index (κ2) is 3.77. The molecule has 0 spiro atoms. The normalized spacial score (nSPS) is 10.7. The molecular formula is C11H12BrN3. The predicted molar refractivity (Wildman–Crippen MR) is 63.6 cm³/mol. The number of hydrogen-bond donors (Lipinski definition) is 0. The summed E-state index contributed by atoms with van der Waals surface area (Å²) in [7, 11) is 1.97. The maximum Gasteiger partial charge on any atom is 0.163 e. The van der Waals surface area contributed by atoms with Crippen molar-refractivity contribution < 1.29 is 0 Å². The Hall–Kier alpha value is -1.16. The van der Waals surface area contributed by atoms with E-state index in [1.165, 1.54) is 5.56 Å². The van der Waals surface area contributed by atoms with Gasteiger partial charge in [0.1, 0.15) is 5.82 Å². The first-order valence-electron chi connectivity index (χ1n) is 4.72. The minimum absolute atomic E-state index is 0.906. The van der Waals surface area contributed by atoms with Gasteiger partial charge in [-0.15, -0.1) is 10.2 Å². The molecule has 78 valence electrons. The van der Waals surface area contributed by atoms with Crippen LogP contribution in [-0.4, -0.2) is 14.8 Å². The van der Waals surface area contributed by atoms with E-state index in [0.717, 1.165) is 21.7 Å². The maximum atomic E-state index is 4.15. The molecule has 1 heterocycles. The van der Waals surface area contributed by atoms with Crippen molar-refractivity contribution in [3.63, 3.8) is 0 Å². The summed E-state index contributed by atoms with van der Waals surface area (Å²) >= 11 is 3.48. The highest BCUT2D eigenvalue weighted by Crippen LogP contribution is 2.23. The molecule has 0 atom stereocenters. The van der Waals surface area contributed by atoms with Crippen molar-refractivity contribution in [2.75, 3.05) is 0 Å². The summed E-state index contributed by atoms with van der Waals surface area (Å²) in [4.78, 5) is 0. The molecule has 0 aliphatic carbocycles. The highest BCUT2D eigenvalue weighted by atomic mass is 79.9. The van der Waals surface area contributed by atoms with Gasteiger partial charge in [-0.1, -0.05) is 22.0 Å². The molecule has 1 aromatic heterocycles. The van der Waals surface area contributed by atoms with E-state index in [1.807, 2.05) is 30.7 Å². The first-order valence-corrected chi connectivity index (χ1v) is 5.51. The van der Waals surface area contributed by atoms with E-state index in [2.05, 4.69) is 39.1 Å². The van der Waals surface area contributed by atoms with Crippen molar-refractivity contribution in [1.82, 2.24) is 14.8 Å². The lowest BCUT2D eigenvalue weighted by molar-refractivity contribution is 0.865. The first kappa shape index (κ1) is 10.4. The van der Waals surface area contributed by atoms with E-state index in [4.69, 9.17) is 0 Å². The first-order chi connectivity index (χ1) is 7.09. The Morgan fingerprint density at radius 2 is 1.93 bits per heavy atom. The summed E-state index contributed by atoms with van der Waals surface area (Å²) in [5, 5.41) is 8.20. The Morgan fingerprint density at radius 1 is 1.20 bits per heavy atom.